The molecule has 1 rings (SSSR count). The first-order valence-corrected chi connectivity index (χ1v) is 4.03. The number of hydrogen-bond donors (Lipinski definition) is 0. The number of rotatable bonds is 3. The van der Waals surface area contributed by atoms with Crippen molar-refractivity contribution in [2.45, 2.75) is 12.5 Å². The van der Waals surface area contributed by atoms with E-state index in [0.717, 1.165) is 0 Å². The van der Waals surface area contributed by atoms with Gasteiger partial charge in [0.25, 0.3) is 0 Å². The monoisotopic (exact) mass is 257 g/mol. The number of nitrogens with zero attached hydrogens (tertiary/aromatic N) is 1. The van der Waals surface area contributed by atoms with Gasteiger partial charge in [0.05, 0.1) is 11.0 Å². The molecule has 0 amide bonds. The molecule has 0 fully saturated rings. The second-order valence-electron chi connectivity index (χ2n) is 2.85. The topological polar surface area (TPSA) is 52.4 Å². The van der Waals surface area contributed by atoms with Crippen LogP contribution in [0.2, 0.25) is 0 Å². The number of alkyl halides is 4. The maximum atomic E-state index is 12.8. The predicted octanol–water partition coefficient (Wildman–Crippen LogP) is 2.97. The average molecular weight is 257 g/mol. The van der Waals surface area contributed by atoms with Gasteiger partial charge >= 0.3 is 18.2 Å². The van der Waals surface area contributed by atoms with Crippen LogP contribution in [0, 0.1) is 15.9 Å². The molecule has 1 atom stereocenters. The third kappa shape index (κ3) is 3.26. The van der Waals surface area contributed by atoms with Crippen LogP contribution in [-0.4, -0.2) is 17.5 Å². The fourth-order valence-electron chi connectivity index (χ4n) is 0.892. The van der Waals surface area contributed by atoms with Gasteiger partial charge in [-0.3, -0.25) is 10.1 Å². The summed E-state index contributed by atoms with van der Waals surface area (Å²) in [6.45, 7) is 0. The summed E-state index contributed by atoms with van der Waals surface area (Å²) >= 11 is 0. The van der Waals surface area contributed by atoms with Crippen LogP contribution < -0.4 is 4.74 Å². The van der Waals surface area contributed by atoms with Crippen LogP contribution in [0.25, 0.3) is 0 Å². The average Bonchev–Trinajstić information content (AvgIpc) is 2.19. The minimum atomic E-state index is -5.26. The van der Waals surface area contributed by atoms with E-state index in [2.05, 4.69) is 4.74 Å². The molecule has 0 bridgehead atoms. The highest BCUT2D eigenvalue weighted by molar-refractivity contribution is 5.39. The Morgan fingerprint density at radius 1 is 1.35 bits per heavy atom. The number of nitro groups is 1. The third-order valence-corrected chi connectivity index (χ3v) is 1.61. The Kier molecular flexibility index (Phi) is 3.49. The van der Waals surface area contributed by atoms with Gasteiger partial charge in [-0.2, -0.15) is 22.0 Å². The second kappa shape index (κ2) is 4.52. The minimum Gasteiger partial charge on any atom is -0.452 e. The molecule has 0 aliphatic rings. The molecule has 0 radical (unpaired) electrons. The zero-order chi connectivity index (χ0) is 13.2. The summed E-state index contributed by atoms with van der Waals surface area (Å²) in [5.41, 5.74) is -1.10. The van der Waals surface area contributed by atoms with E-state index in [1.54, 1.807) is 0 Å². The van der Waals surface area contributed by atoms with Crippen LogP contribution >= 0.6 is 0 Å². The zero-order valence-electron chi connectivity index (χ0n) is 7.87. The molecule has 0 heterocycles. The van der Waals surface area contributed by atoms with E-state index in [9.17, 15) is 32.1 Å². The summed E-state index contributed by atoms with van der Waals surface area (Å²) in [4.78, 5) is 9.09. The molecule has 0 saturated carbocycles. The summed E-state index contributed by atoms with van der Waals surface area (Å²) in [5.74, 6) is -2.05. The Morgan fingerprint density at radius 2 is 1.94 bits per heavy atom. The highest BCUT2D eigenvalue weighted by atomic mass is 19.4. The van der Waals surface area contributed by atoms with Gasteiger partial charge in [-0.25, -0.2) is 0 Å². The highest BCUT2D eigenvalue weighted by Crippen LogP contribution is 2.29. The molecule has 0 spiro atoms. The molecular weight excluding hydrogens is 253 g/mol. The molecule has 9 heteroatoms. The second-order valence-corrected chi connectivity index (χ2v) is 2.85. The van der Waals surface area contributed by atoms with Gasteiger partial charge in [-0.15, -0.1) is 0 Å². The maximum Gasteiger partial charge on any atom is 0.457 e. The number of nitro benzene ring substituents is 1. The highest BCUT2D eigenvalue weighted by Gasteiger charge is 2.42. The van der Waals surface area contributed by atoms with Crippen molar-refractivity contribution in [2.24, 2.45) is 0 Å². The first-order valence-electron chi connectivity index (χ1n) is 4.03. The van der Waals surface area contributed by atoms with Crippen molar-refractivity contribution in [1.29, 1.82) is 0 Å². The lowest BCUT2D eigenvalue weighted by molar-refractivity contribution is -0.387. The number of benzene rings is 1. The van der Waals surface area contributed by atoms with Crippen molar-refractivity contribution in [1.82, 2.24) is 0 Å². The van der Waals surface area contributed by atoms with Crippen LogP contribution in [0.3, 0.4) is 0 Å². The van der Waals surface area contributed by atoms with Gasteiger partial charge in [-0.05, 0) is 12.1 Å². The van der Waals surface area contributed by atoms with Crippen LogP contribution in [0.1, 0.15) is 0 Å². The van der Waals surface area contributed by atoms with Gasteiger partial charge in [0, 0.05) is 0 Å². The van der Waals surface area contributed by atoms with E-state index >= 15 is 0 Å². The largest absolute Gasteiger partial charge is 0.457 e. The van der Waals surface area contributed by atoms with Gasteiger partial charge in [0.15, 0.2) is 0 Å². The van der Waals surface area contributed by atoms with Gasteiger partial charge < -0.3 is 4.74 Å². The fraction of sp³-hybridized carbons (Fsp3) is 0.250. The summed E-state index contributed by atoms with van der Waals surface area (Å²) in [7, 11) is 0. The predicted molar refractivity (Wildman–Crippen MR) is 44.6 cm³/mol. The molecule has 0 aliphatic carbocycles. The first kappa shape index (κ1) is 13.1. The number of hydrogen-bond acceptors (Lipinski definition) is 3. The van der Waals surface area contributed by atoms with E-state index < -0.39 is 34.7 Å². The van der Waals surface area contributed by atoms with E-state index in [-0.39, 0.29) is 0 Å². The van der Waals surface area contributed by atoms with Crippen LogP contribution in [0.15, 0.2) is 18.2 Å². The van der Waals surface area contributed by atoms with E-state index in [0.29, 0.717) is 18.2 Å². The normalized spacial score (nSPS) is 13.2. The van der Waals surface area contributed by atoms with E-state index in [1.807, 2.05) is 0 Å². The van der Waals surface area contributed by atoms with Crippen molar-refractivity contribution in [3.8, 4) is 5.75 Å². The van der Waals surface area contributed by atoms with Crippen molar-refractivity contribution in [3.63, 3.8) is 0 Å². The Morgan fingerprint density at radius 3 is 2.41 bits per heavy atom. The number of ether oxygens (including phenoxy) is 1. The third-order valence-electron chi connectivity index (χ3n) is 1.61. The Bertz CT molecular complexity index is 434. The SMILES string of the molecule is O=[N+]([O-])c1cc(OC(F)C(F)(F)F)ccc1F. The standard InChI is InChI=1S/C8H4F5NO3/c9-5-2-1-4(3-6(5)14(15)16)17-7(10)8(11,12)13/h1-3,7H. The quantitative estimate of drug-likeness (QED) is 0.475. The molecular formula is C8H4F5NO3. The van der Waals surface area contributed by atoms with Crippen LogP contribution in [0.4, 0.5) is 27.6 Å². The lowest BCUT2D eigenvalue weighted by Crippen LogP contribution is -2.29. The molecule has 0 N–H and O–H groups in total. The molecule has 94 valence electrons. The Labute approximate surface area is 90.8 Å². The van der Waals surface area contributed by atoms with E-state index in [4.69, 9.17) is 0 Å². The Balaban J connectivity index is 2.94. The van der Waals surface area contributed by atoms with Gasteiger partial charge in [0.1, 0.15) is 5.75 Å². The van der Waals surface area contributed by atoms with Crippen molar-refractivity contribution >= 4 is 5.69 Å². The summed E-state index contributed by atoms with van der Waals surface area (Å²) in [5, 5.41) is 10.3. The Hall–Kier alpha value is -1.93. The summed E-state index contributed by atoms with van der Waals surface area (Å²) < 4.78 is 64.3. The molecule has 1 unspecified atom stereocenters. The molecule has 1 aromatic carbocycles. The molecule has 17 heavy (non-hydrogen) atoms. The molecule has 4 nitrogen and oxygen atoms in total. The molecule has 0 aromatic heterocycles. The molecule has 1 aromatic rings. The van der Waals surface area contributed by atoms with Gasteiger partial charge in [0.2, 0.25) is 5.82 Å². The van der Waals surface area contributed by atoms with Crippen molar-refractivity contribution < 1.29 is 31.6 Å². The van der Waals surface area contributed by atoms with Crippen LogP contribution in [-0.2, 0) is 0 Å². The maximum absolute atomic E-state index is 12.8. The zero-order valence-corrected chi connectivity index (χ0v) is 7.87. The van der Waals surface area contributed by atoms with Crippen molar-refractivity contribution in [3.05, 3.63) is 34.1 Å². The lowest BCUT2D eigenvalue weighted by Gasteiger charge is -2.13. The molecule has 0 aliphatic heterocycles. The first-order chi connectivity index (χ1) is 7.71. The number of halogens is 5. The lowest BCUT2D eigenvalue weighted by atomic mass is 10.3. The summed E-state index contributed by atoms with van der Waals surface area (Å²) in [6.07, 6.45) is -8.89. The van der Waals surface area contributed by atoms with Gasteiger partial charge in [-0.1, -0.05) is 0 Å². The van der Waals surface area contributed by atoms with Crippen LogP contribution in [0.5, 0.6) is 5.75 Å². The van der Waals surface area contributed by atoms with E-state index in [1.165, 1.54) is 0 Å². The molecule has 0 saturated heterocycles. The summed E-state index contributed by atoms with van der Waals surface area (Å²) in [6, 6.07) is 1.53. The van der Waals surface area contributed by atoms with Crippen molar-refractivity contribution in [2.75, 3.05) is 0 Å². The minimum absolute atomic E-state index is 0.369. The smallest absolute Gasteiger partial charge is 0.452 e. The fourth-order valence-corrected chi connectivity index (χ4v) is 0.892.